The van der Waals surface area contributed by atoms with Crippen molar-refractivity contribution in [2.45, 2.75) is 0 Å². The van der Waals surface area contributed by atoms with E-state index in [1.807, 2.05) is 0 Å². The van der Waals surface area contributed by atoms with Crippen LogP contribution in [-0.2, 0) is 0 Å². The highest BCUT2D eigenvalue weighted by Gasteiger charge is 2.10. The van der Waals surface area contributed by atoms with Gasteiger partial charge in [0.15, 0.2) is 5.82 Å². The maximum Gasteiger partial charge on any atom is 0.255 e. The van der Waals surface area contributed by atoms with Crippen LogP contribution < -0.4 is 5.73 Å². The number of halogens is 2. The second kappa shape index (κ2) is 4.86. The topological polar surface area (TPSA) is 82.5 Å². The van der Waals surface area contributed by atoms with Gasteiger partial charge in [0.05, 0.1) is 0 Å². The number of benzene rings is 1. The van der Waals surface area contributed by atoms with Gasteiger partial charge >= 0.3 is 0 Å². The minimum Gasteiger partial charge on any atom is -0.368 e. The van der Waals surface area contributed by atoms with Crippen molar-refractivity contribution in [2.24, 2.45) is 0 Å². The first-order chi connectivity index (χ1) is 9.61. The molecule has 20 heavy (non-hydrogen) atoms. The molecule has 0 aliphatic rings. The van der Waals surface area contributed by atoms with Crippen molar-refractivity contribution in [3.05, 3.63) is 47.5 Å². The molecule has 0 fully saturated rings. The number of hydrogen-bond acceptors (Lipinski definition) is 5. The number of anilines is 1. The summed E-state index contributed by atoms with van der Waals surface area (Å²) < 4.78 is 14.8. The molecular weight excluding hydrogens is 283 g/mol. The van der Waals surface area contributed by atoms with E-state index in [0.717, 1.165) is 0 Å². The molecule has 0 aliphatic carbocycles. The lowest BCUT2D eigenvalue weighted by Gasteiger charge is -2.05. The Morgan fingerprint density at radius 1 is 1.15 bits per heavy atom. The van der Waals surface area contributed by atoms with Gasteiger partial charge in [-0.25, -0.2) is 9.07 Å². The van der Waals surface area contributed by atoms with E-state index in [1.54, 1.807) is 24.5 Å². The summed E-state index contributed by atoms with van der Waals surface area (Å²) in [7, 11) is 0. The SMILES string of the molecule is Nc1nc(-c2cc(F)cc(Cl)c2)nc(-n2cccn2)n1. The molecule has 3 aromatic rings. The molecule has 3 rings (SSSR count). The van der Waals surface area contributed by atoms with E-state index in [0.29, 0.717) is 5.56 Å². The number of nitrogens with zero attached hydrogens (tertiary/aromatic N) is 5. The second-order valence-corrected chi connectivity index (χ2v) is 4.36. The van der Waals surface area contributed by atoms with Gasteiger partial charge in [-0.3, -0.25) is 0 Å². The number of nitrogen functional groups attached to an aromatic ring is 1. The zero-order valence-electron chi connectivity index (χ0n) is 10.0. The van der Waals surface area contributed by atoms with Crippen molar-refractivity contribution in [1.29, 1.82) is 0 Å². The predicted octanol–water partition coefficient (Wildman–Crippen LogP) is 2.10. The summed E-state index contributed by atoms with van der Waals surface area (Å²) in [6.45, 7) is 0. The largest absolute Gasteiger partial charge is 0.368 e. The Bertz CT molecular complexity index is 738. The maximum absolute atomic E-state index is 13.4. The minimum atomic E-state index is -0.480. The lowest BCUT2D eigenvalue weighted by atomic mass is 10.2. The van der Waals surface area contributed by atoms with Crippen LogP contribution in [0.25, 0.3) is 17.3 Å². The summed E-state index contributed by atoms with van der Waals surface area (Å²) in [5.41, 5.74) is 6.06. The highest BCUT2D eigenvalue weighted by atomic mass is 35.5. The lowest BCUT2D eigenvalue weighted by molar-refractivity contribution is 0.628. The second-order valence-electron chi connectivity index (χ2n) is 3.93. The van der Waals surface area contributed by atoms with Crippen molar-refractivity contribution < 1.29 is 4.39 Å². The highest BCUT2D eigenvalue weighted by Crippen LogP contribution is 2.22. The van der Waals surface area contributed by atoms with Crippen LogP contribution in [0.5, 0.6) is 0 Å². The van der Waals surface area contributed by atoms with Gasteiger partial charge in [0.1, 0.15) is 5.82 Å². The maximum atomic E-state index is 13.4. The molecular formula is C12H8ClFN6. The van der Waals surface area contributed by atoms with Gasteiger partial charge in [-0.1, -0.05) is 11.6 Å². The smallest absolute Gasteiger partial charge is 0.255 e. The Hall–Kier alpha value is -2.54. The quantitative estimate of drug-likeness (QED) is 0.781. The molecule has 1 aromatic carbocycles. The van der Waals surface area contributed by atoms with Crippen LogP contribution in [0.2, 0.25) is 5.02 Å². The first-order valence-electron chi connectivity index (χ1n) is 5.60. The molecule has 100 valence electrons. The number of hydrogen-bond donors (Lipinski definition) is 1. The monoisotopic (exact) mass is 290 g/mol. The van der Waals surface area contributed by atoms with Crippen molar-refractivity contribution in [3.63, 3.8) is 0 Å². The molecule has 0 bridgehead atoms. The molecule has 8 heteroatoms. The van der Waals surface area contributed by atoms with Crippen LogP contribution in [0.3, 0.4) is 0 Å². The Labute approximate surface area is 118 Å². The van der Waals surface area contributed by atoms with Gasteiger partial charge in [0.25, 0.3) is 5.95 Å². The minimum absolute atomic E-state index is 0.0147. The molecule has 2 N–H and O–H groups in total. The van der Waals surface area contributed by atoms with E-state index >= 15 is 0 Å². The third-order valence-electron chi connectivity index (χ3n) is 2.47. The van der Waals surface area contributed by atoms with Gasteiger partial charge in [0.2, 0.25) is 5.95 Å². The number of rotatable bonds is 2. The van der Waals surface area contributed by atoms with E-state index in [9.17, 15) is 4.39 Å². The molecule has 2 aromatic heterocycles. The van der Waals surface area contributed by atoms with Crippen molar-refractivity contribution >= 4 is 17.5 Å². The van der Waals surface area contributed by atoms with Crippen LogP contribution in [0.1, 0.15) is 0 Å². The molecule has 0 radical (unpaired) electrons. The van der Waals surface area contributed by atoms with Crippen molar-refractivity contribution in [3.8, 4) is 17.3 Å². The summed E-state index contributed by atoms with van der Waals surface area (Å²) in [5, 5.41) is 4.26. The Balaban J connectivity index is 2.14. The van der Waals surface area contributed by atoms with Crippen molar-refractivity contribution in [2.75, 3.05) is 5.73 Å². The standard InChI is InChI=1S/C12H8ClFN6/c13-8-4-7(5-9(14)6-8)10-17-11(15)19-12(18-10)20-3-1-2-16-20/h1-6H,(H2,15,17,18,19). The Kier molecular flexibility index (Phi) is 3.03. The van der Waals surface area contributed by atoms with Gasteiger partial charge < -0.3 is 5.73 Å². The third kappa shape index (κ3) is 2.43. The first-order valence-corrected chi connectivity index (χ1v) is 5.97. The van der Waals surface area contributed by atoms with Crippen LogP contribution in [-0.4, -0.2) is 24.7 Å². The average molecular weight is 291 g/mol. The van der Waals surface area contributed by atoms with E-state index in [-0.39, 0.29) is 22.7 Å². The molecule has 0 spiro atoms. The predicted molar refractivity (Wildman–Crippen MR) is 71.8 cm³/mol. The zero-order chi connectivity index (χ0) is 14.1. The molecule has 0 saturated carbocycles. The summed E-state index contributed by atoms with van der Waals surface area (Å²) in [5.74, 6) is 0.00953. The fourth-order valence-corrected chi connectivity index (χ4v) is 1.90. The number of nitrogens with two attached hydrogens (primary N) is 1. The number of aromatic nitrogens is 5. The molecule has 6 nitrogen and oxygen atoms in total. The molecule has 0 unspecified atom stereocenters. The molecule has 0 atom stereocenters. The summed E-state index contributed by atoms with van der Waals surface area (Å²) in [6.07, 6.45) is 3.25. The lowest BCUT2D eigenvalue weighted by Crippen LogP contribution is -2.08. The third-order valence-corrected chi connectivity index (χ3v) is 2.69. The van der Waals surface area contributed by atoms with Gasteiger partial charge in [0, 0.05) is 23.0 Å². The molecule has 0 saturated heterocycles. The fraction of sp³-hybridized carbons (Fsp3) is 0. The van der Waals surface area contributed by atoms with Crippen LogP contribution in [0.15, 0.2) is 36.7 Å². The van der Waals surface area contributed by atoms with E-state index < -0.39 is 5.82 Å². The fourth-order valence-electron chi connectivity index (χ4n) is 1.68. The van der Waals surface area contributed by atoms with E-state index in [2.05, 4.69) is 20.1 Å². The van der Waals surface area contributed by atoms with E-state index in [4.69, 9.17) is 17.3 Å². The first kappa shape index (κ1) is 12.5. The van der Waals surface area contributed by atoms with Crippen molar-refractivity contribution in [1.82, 2.24) is 24.7 Å². The van der Waals surface area contributed by atoms with E-state index in [1.165, 1.54) is 16.8 Å². The van der Waals surface area contributed by atoms with Gasteiger partial charge in [-0.2, -0.15) is 20.1 Å². The summed E-state index contributed by atoms with van der Waals surface area (Å²) in [6, 6.07) is 5.74. The average Bonchev–Trinajstić information content (AvgIpc) is 2.90. The van der Waals surface area contributed by atoms with Crippen LogP contribution >= 0.6 is 11.6 Å². The van der Waals surface area contributed by atoms with Gasteiger partial charge in [-0.15, -0.1) is 0 Å². The molecule has 0 amide bonds. The Morgan fingerprint density at radius 3 is 2.70 bits per heavy atom. The van der Waals surface area contributed by atoms with Crippen LogP contribution in [0.4, 0.5) is 10.3 Å². The van der Waals surface area contributed by atoms with Gasteiger partial charge in [-0.05, 0) is 24.3 Å². The van der Waals surface area contributed by atoms with Crippen LogP contribution in [0, 0.1) is 5.82 Å². The summed E-state index contributed by atoms with van der Waals surface area (Å²) in [4.78, 5) is 12.2. The highest BCUT2D eigenvalue weighted by molar-refractivity contribution is 6.30. The zero-order valence-corrected chi connectivity index (χ0v) is 10.8. The Morgan fingerprint density at radius 2 is 2.00 bits per heavy atom. The molecule has 0 aliphatic heterocycles. The summed E-state index contributed by atoms with van der Waals surface area (Å²) >= 11 is 5.82. The normalized spacial score (nSPS) is 10.7. The molecule has 2 heterocycles.